The van der Waals surface area contributed by atoms with Crippen LogP contribution in [0.25, 0.3) is 10.9 Å². The molecule has 1 N–H and O–H groups in total. The van der Waals surface area contributed by atoms with Crippen molar-refractivity contribution in [3.63, 3.8) is 0 Å². The number of nitro groups is 1. The average Bonchev–Trinajstić information content (AvgIpc) is 2.98. The number of rotatable bonds is 5. The molecule has 3 rings (SSSR count). The maximum Gasteiger partial charge on any atom is 0.303 e. The van der Waals surface area contributed by atoms with Gasteiger partial charge in [0.05, 0.1) is 10.4 Å². The van der Waals surface area contributed by atoms with Crippen LogP contribution in [0, 0.1) is 10.1 Å². The van der Waals surface area contributed by atoms with Crippen molar-refractivity contribution >= 4 is 28.5 Å². The molecule has 25 heavy (non-hydrogen) atoms. The van der Waals surface area contributed by atoms with Crippen LogP contribution in [0.4, 0.5) is 5.69 Å². The predicted octanol–water partition coefficient (Wildman–Crippen LogP) is 3.26. The Morgan fingerprint density at radius 1 is 1.12 bits per heavy atom. The van der Waals surface area contributed by atoms with Crippen molar-refractivity contribution in [3.8, 4) is 0 Å². The number of carbonyl (C=O) groups excluding carboxylic acids is 1. The number of carboxylic acids is 1. The maximum atomic E-state index is 12.8. The maximum absolute atomic E-state index is 12.8. The minimum Gasteiger partial charge on any atom is -0.481 e. The molecule has 7 heteroatoms. The summed E-state index contributed by atoms with van der Waals surface area (Å²) >= 11 is 0. The van der Waals surface area contributed by atoms with Gasteiger partial charge in [-0.05, 0) is 24.1 Å². The van der Waals surface area contributed by atoms with Gasteiger partial charge in [0, 0.05) is 35.7 Å². The topological polar surface area (TPSA) is 102 Å². The van der Waals surface area contributed by atoms with E-state index in [1.54, 1.807) is 18.3 Å². The lowest BCUT2D eigenvalue weighted by Crippen LogP contribution is -2.11. The third kappa shape index (κ3) is 3.25. The van der Waals surface area contributed by atoms with E-state index in [-0.39, 0.29) is 17.7 Å². The zero-order valence-corrected chi connectivity index (χ0v) is 13.1. The first-order valence-corrected chi connectivity index (χ1v) is 7.57. The van der Waals surface area contributed by atoms with Gasteiger partial charge < -0.3 is 5.11 Å². The Bertz CT molecular complexity index is 990. The van der Waals surface area contributed by atoms with Crippen molar-refractivity contribution in [2.24, 2.45) is 0 Å². The van der Waals surface area contributed by atoms with Crippen molar-refractivity contribution in [2.45, 2.75) is 12.8 Å². The summed E-state index contributed by atoms with van der Waals surface area (Å²) in [6.07, 6.45) is 1.86. The molecule has 0 saturated heterocycles. The molecule has 0 aliphatic carbocycles. The number of hydrogen-bond acceptors (Lipinski definition) is 4. The number of nitro benzene ring substituents is 1. The van der Waals surface area contributed by atoms with Gasteiger partial charge in [-0.2, -0.15) is 0 Å². The summed E-state index contributed by atoms with van der Waals surface area (Å²) < 4.78 is 1.41. The molecule has 0 spiro atoms. The average molecular weight is 338 g/mol. The second-order valence-electron chi connectivity index (χ2n) is 5.55. The number of benzene rings is 2. The fourth-order valence-electron chi connectivity index (χ4n) is 2.75. The Hall–Kier alpha value is -3.48. The lowest BCUT2D eigenvalue weighted by Gasteiger charge is -2.04. The third-order valence-electron chi connectivity index (χ3n) is 3.93. The Balaban J connectivity index is 2.06. The van der Waals surface area contributed by atoms with Gasteiger partial charge in [0.2, 0.25) is 0 Å². The number of aromatic nitrogens is 1. The van der Waals surface area contributed by atoms with Gasteiger partial charge in [0.15, 0.2) is 0 Å². The highest BCUT2D eigenvalue weighted by Gasteiger charge is 2.17. The van der Waals surface area contributed by atoms with Crippen LogP contribution in [0.1, 0.15) is 22.3 Å². The molecule has 0 fully saturated rings. The van der Waals surface area contributed by atoms with Gasteiger partial charge in [0.1, 0.15) is 0 Å². The van der Waals surface area contributed by atoms with Crippen molar-refractivity contribution in [3.05, 3.63) is 76.0 Å². The smallest absolute Gasteiger partial charge is 0.303 e. The number of carboxylic acid groups (broad SMARTS) is 1. The molecule has 3 aromatic rings. The zero-order valence-electron chi connectivity index (χ0n) is 13.1. The minimum absolute atomic E-state index is 0.0427. The quantitative estimate of drug-likeness (QED) is 0.568. The molecule has 126 valence electrons. The van der Waals surface area contributed by atoms with Crippen LogP contribution in [0.3, 0.4) is 0 Å². The molecule has 1 heterocycles. The van der Waals surface area contributed by atoms with Gasteiger partial charge in [-0.3, -0.25) is 24.3 Å². The molecule has 0 saturated carbocycles. The van der Waals surface area contributed by atoms with E-state index in [0.29, 0.717) is 11.9 Å². The minimum atomic E-state index is -0.915. The summed E-state index contributed by atoms with van der Waals surface area (Å²) in [6.45, 7) is 0. The van der Waals surface area contributed by atoms with Crippen molar-refractivity contribution < 1.29 is 19.6 Å². The van der Waals surface area contributed by atoms with Crippen LogP contribution in [0.15, 0.2) is 54.7 Å². The summed E-state index contributed by atoms with van der Waals surface area (Å²) in [7, 11) is 0. The molecular weight excluding hydrogens is 324 g/mol. The summed E-state index contributed by atoms with van der Waals surface area (Å²) in [5.41, 5.74) is 1.42. The van der Waals surface area contributed by atoms with Crippen molar-refractivity contribution in [1.82, 2.24) is 4.57 Å². The van der Waals surface area contributed by atoms with E-state index >= 15 is 0 Å². The number of para-hydroxylation sites is 1. The van der Waals surface area contributed by atoms with Gasteiger partial charge in [-0.15, -0.1) is 0 Å². The van der Waals surface area contributed by atoms with Gasteiger partial charge in [0.25, 0.3) is 11.6 Å². The Labute approximate surface area is 142 Å². The van der Waals surface area contributed by atoms with E-state index in [1.165, 1.54) is 28.8 Å². The van der Waals surface area contributed by atoms with E-state index in [0.717, 1.165) is 10.9 Å². The number of fused-ring (bicyclic) bond motifs is 1. The Morgan fingerprint density at radius 3 is 2.60 bits per heavy atom. The fraction of sp³-hybridized carbons (Fsp3) is 0.111. The fourth-order valence-corrected chi connectivity index (χ4v) is 2.75. The monoisotopic (exact) mass is 338 g/mol. The molecule has 0 atom stereocenters. The molecule has 0 aliphatic heterocycles. The van der Waals surface area contributed by atoms with Crippen LogP contribution in [-0.4, -0.2) is 26.5 Å². The number of carbonyl (C=O) groups is 2. The summed E-state index contributed by atoms with van der Waals surface area (Å²) in [5, 5.41) is 20.6. The predicted molar refractivity (Wildman–Crippen MR) is 90.7 cm³/mol. The van der Waals surface area contributed by atoms with E-state index in [2.05, 4.69) is 0 Å². The molecule has 1 aromatic heterocycles. The van der Waals surface area contributed by atoms with E-state index < -0.39 is 16.8 Å². The highest BCUT2D eigenvalue weighted by Crippen LogP contribution is 2.24. The number of nitrogens with zero attached hydrogens (tertiary/aromatic N) is 2. The standard InChI is InChI=1S/C18H14N2O5/c21-17(22)9-8-13-11-19(16-7-2-1-6-15(13)16)18(23)12-4-3-5-14(10-12)20(24)25/h1-7,10-11H,8-9H2,(H,21,22). The van der Waals surface area contributed by atoms with E-state index in [9.17, 15) is 19.7 Å². The molecule has 0 bridgehead atoms. The zero-order chi connectivity index (χ0) is 18.0. The van der Waals surface area contributed by atoms with Crippen LogP contribution in [-0.2, 0) is 11.2 Å². The van der Waals surface area contributed by atoms with Crippen LogP contribution in [0.2, 0.25) is 0 Å². The molecule has 0 aliphatic rings. The first kappa shape index (κ1) is 16.4. The first-order chi connectivity index (χ1) is 12.0. The summed E-state index contributed by atoms with van der Waals surface area (Å²) in [4.78, 5) is 34.0. The molecular formula is C18H14N2O5. The normalized spacial score (nSPS) is 10.7. The SMILES string of the molecule is O=C(O)CCc1cn(C(=O)c2cccc([N+](=O)[O-])c2)c2ccccc12. The molecule has 0 amide bonds. The van der Waals surface area contributed by atoms with Gasteiger partial charge in [-0.25, -0.2) is 0 Å². The van der Waals surface area contributed by atoms with Crippen LogP contribution >= 0.6 is 0 Å². The second-order valence-corrected chi connectivity index (χ2v) is 5.55. The van der Waals surface area contributed by atoms with Crippen molar-refractivity contribution in [1.29, 1.82) is 0 Å². The van der Waals surface area contributed by atoms with E-state index in [4.69, 9.17) is 5.11 Å². The molecule has 2 aromatic carbocycles. The number of aryl methyl sites for hydroxylation is 1. The molecule has 0 unspecified atom stereocenters. The lowest BCUT2D eigenvalue weighted by molar-refractivity contribution is -0.384. The van der Waals surface area contributed by atoms with Crippen LogP contribution in [0.5, 0.6) is 0 Å². The summed E-state index contributed by atoms with van der Waals surface area (Å²) in [5.74, 6) is -1.32. The van der Waals surface area contributed by atoms with Crippen molar-refractivity contribution in [2.75, 3.05) is 0 Å². The molecule has 7 nitrogen and oxygen atoms in total. The van der Waals surface area contributed by atoms with E-state index in [1.807, 2.05) is 12.1 Å². The number of aliphatic carboxylic acids is 1. The van der Waals surface area contributed by atoms with Gasteiger partial charge >= 0.3 is 5.97 Å². The largest absolute Gasteiger partial charge is 0.481 e. The van der Waals surface area contributed by atoms with Crippen LogP contribution < -0.4 is 0 Å². The Morgan fingerprint density at radius 2 is 1.88 bits per heavy atom. The lowest BCUT2D eigenvalue weighted by atomic mass is 10.1. The Kier molecular flexibility index (Phi) is 4.30. The number of non-ortho nitro benzene ring substituents is 1. The first-order valence-electron chi connectivity index (χ1n) is 7.57. The second kappa shape index (κ2) is 6.56. The van der Waals surface area contributed by atoms with Gasteiger partial charge in [-0.1, -0.05) is 24.3 Å². The number of hydrogen-bond donors (Lipinski definition) is 1. The molecule has 0 radical (unpaired) electrons. The third-order valence-corrected chi connectivity index (χ3v) is 3.93. The highest BCUT2D eigenvalue weighted by atomic mass is 16.6. The highest BCUT2D eigenvalue weighted by molar-refractivity contribution is 6.03. The summed E-state index contributed by atoms with van der Waals surface area (Å²) in [6, 6.07) is 12.7.